The van der Waals surface area contributed by atoms with E-state index in [1.807, 2.05) is 30.3 Å². The number of benzene rings is 2. The Hall–Kier alpha value is -1.81. The van der Waals surface area contributed by atoms with Gasteiger partial charge in [-0.15, -0.1) is 0 Å². The van der Waals surface area contributed by atoms with Crippen molar-refractivity contribution in [2.24, 2.45) is 0 Å². The SMILES string of the molecule is CC(=O)c1ccc2c(c1)N(Cc1ccc(Br)cc1)CC(C)O2. The molecule has 1 aliphatic heterocycles. The van der Waals surface area contributed by atoms with Gasteiger partial charge in [-0.1, -0.05) is 28.1 Å². The van der Waals surface area contributed by atoms with E-state index in [1.54, 1.807) is 6.92 Å². The molecular formula is C18H18BrNO2. The predicted molar refractivity (Wildman–Crippen MR) is 91.7 cm³/mol. The van der Waals surface area contributed by atoms with Crippen molar-refractivity contribution >= 4 is 27.4 Å². The number of nitrogens with zero attached hydrogens (tertiary/aromatic N) is 1. The van der Waals surface area contributed by atoms with E-state index in [2.05, 4.69) is 39.9 Å². The van der Waals surface area contributed by atoms with E-state index in [0.29, 0.717) is 0 Å². The number of Topliss-reactive ketones (excluding diaryl/α,β-unsaturated/α-hetero) is 1. The van der Waals surface area contributed by atoms with Gasteiger partial charge in [-0.05, 0) is 49.7 Å². The Morgan fingerprint density at radius 3 is 2.68 bits per heavy atom. The molecule has 3 rings (SSSR count). The molecule has 0 amide bonds. The standard InChI is InChI=1S/C18H18BrNO2/c1-12-10-20(11-14-3-6-16(19)7-4-14)17-9-15(13(2)21)5-8-18(17)22-12/h3-9,12H,10-11H2,1-2H3. The minimum absolute atomic E-state index is 0.0741. The molecule has 0 spiro atoms. The van der Waals surface area contributed by atoms with Gasteiger partial charge < -0.3 is 9.64 Å². The third kappa shape index (κ3) is 3.17. The van der Waals surface area contributed by atoms with E-state index >= 15 is 0 Å². The lowest BCUT2D eigenvalue weighted by atomic mass is 10.1. The summed E-state index contributed by atoms with van der Waals surface area (Å²) in [5, 5.41) is 0. The first-order valence-corrected chi connectivity index (χ1v) is 8.13. The summed E-state index contributed by atoms with van der Waals surface area (Å²) in [6, 6.07) is 14.0. The summed E-state index contributed by atoms with van der Waals surface area (Å²) in [7, 11) is 0. The Bertz CT molecular complexity index is 697. The van der Waals surface area contributed by atoms with Crippen LogP contribution in [0.25, 0.3) is 0 Å². The molecule has 0 saturated carbocycles. The molecule has 0 fully saturated rings. The molecule has 1 aliphatic rings. The van der Waals surface area contributed by atoms with E-state index < -0.39 is 0 Å². The third-order valence-electron chi connectivity index (χ3n) is 3.80. The summed E-state index contributed by atoms with van der Waals surface area (Å²) >= 11 is 3.46. The highest BCUT2D eigenvalue weighted by molar-refractivity contribution is 9.10. The maximum Gasteiger partial charge on any atom is 0.159 e. The van der Waals surface area contributed by atoms with Crippen LogP contribution in [-0.2, 0) is 6.54 Å². The van der Waals surface area contributed by atoms with Gasteiger partial charge in [-0.25, -0.2) is 0 Å². The van der Waals surface area contributed by atoms with Gasteiger partial charge in [0.1, 0.15) is 11.9 Å². The van der Waals surface area contributed by atoms with E-state index in [4.69, 9.17) is 4.74 Å². The molecule has 0 radical (unpaired) electrons. The predicted octanol–water partition coefficient (Wildman–Crippen LogP) is 4.44. The zero-order valence-corrected chi connectivity index (χ0v) is 14.3. The van der Waals surface area contributed by atoms with Crippen molar-refractivity contribution in [2.75, 3.05) is 11.4 Å². The van der Waals surface area contributed by atoms with Gasteiger partial charge in [0.05, 0.1) is 12.2 Å². The Morgan fingerprint density at radius 1 is 1.27 bits per heavy atom. The van der Waals surface area contributed by atoms with Gasteiger partial charge in [-0.3, -0.25) is 4.79 Å². The fourth-order valence-electron chi connectivity index (χ4n) is 2.71. The van der Waals surface area contributed by atoms with Crippen LogP contribution in [0.1, 0.15) is 29.8 Å². The average molecular weight is 360 g/mol. The van der Waals surface area contributed by atoms with Crippen molar-refractivity contribution in [1.82, 2.24) is 0 Å². The zero-order chi connectivity index (χ0) is 15.7. The highest BCUT2D eigenvalue weighted by Crippen LogP contribution is 2.35. The summed E-state index contributed by atoms with van der Waals surface area (Å²) < 4.78 is 6.97. The van der Waals surface area contributed by atoms with E-state index in [-0.39, 0.29) is 11.9 Å². The van der Waals surface area contributed by atoms with Gasteiger partial charge in [0.25, 0.3) is 0 Å². The van der Waals surface area contributed by atoms with Gasteiger partial charge in [0.15, 0.2) is 5.78 Å². The van der Waals surface area contributed by atoms with Crippen LogP contribution in [0.5, 0.6) is 5.75 Å². The maximum absolute atomic E-state index is 11.6. The summed E-state index contributed by atoms with van der Waals surface area (Å²) in [4.78, 5) is 13.9. The zero-order valence-electron chi connectivity index (χ0n) is 12.7. The molecule has 1 heterocycles. The normalized spacial score (nSPS) is 16.9. The first-order chi connectivity index (χ1) is 10.5. The van der Waals surface area contributed by atoms with Gasteiger partial charge in [0, 0.05) is 16.6 Å². The molecule has 3 nitrogen and oxygen atoms in total. The number of hydrogen-bond donors (Lipinski definition) is 0. The lowest BCUT2D eigenvalue weighted by Crippen LogP contribution is -2.38. The molecule has 0 saturated heterocycles. The Morgan fingerprint density at radius 2 is 2.00 bits per heavy atom. The second-order valence-electron chi connectivity index (χ2n) is 5.67. The van der Waals surface area contributed by atoms with Crippen LogP contribution >= 0.6 is 15.9 Å². The first-order valence-electron chi connectivity index (χ1n) is 7.34. The third-order valence-corrected chi connectivity index (χ3v) is 4.33. The minimum Gasteiger partial charge on any atom is -0.487 e. The van der Waals surface area contributed by atoms with Crippen molar-refractivity contribution in [2.45, 2.75) is 26.5 Å². The fourth-order valence-corrected chi connectivity index (χ4v) is 2.97. The number of fused-ring (bicyclic) bond motifs is 1. The molecule has 2 aromatic rings. The molecule has 0 aromatic heterocycles. The maximum atomic E-state index is 11.6. The van der Waals surface area contributed by atoms with E-state index in [1.165, 1.54) is 5.56 Å². The van der Waals surface area contributed by atoms with Crippen molar-refractivity contribution in [1.29, 1.82) is 0 Å². The van der Waals surface area contributed by atoms with Crippen molar-refractivity contribution in [3.8, 4) is 5.75 Å². The van der Waals surface area contributed by atoms with Crippen LogP contribution in [0.4, 0.5) is 5.69 Å². The minimum atomic E-state index is 0.0741. The number of ether oxygens (including phenoxy) is 1. The Balaban J connectivity index is 1.93. The number of halogens is 1. The number of hydrogen-bond acceptors (Lipinski definition) is 3. The highest BCUT2D eigenvalue weighted by atomic mass is 79.9. The lowest BCUT2D eigenvalue weighted by molar-refractivity contribution is 0.101. The van der Waals surface area contributed by atoms with E-state index in [9.17, 15) is 4.79 Å². The molecule has 2 aromatic carbocycles. The lowest BCUT2D eigenvalue weighted by Gasteiger charge is -2.35. The molecular weight excluding hydrogens is 342 g/mol. The number of ketones is 1. The summed E-state index contributed by atoms with van der Waals surface area (Å²) in [6.45, 7) is 5.27. The largest absolute Gasteiger partial charge is 0.487 e. The van der Waals surface area contributed by atoms with E-state index in [0.717, 1.165) is 34.6 Å². The Labute approximate surface area is 139 Å². The second kappa shape index (κ2) is 6.13. The van der Waals surface area contributed by atoms with Gasteiger partial charge in [0.2, 0.25) is 0 Å². The number of anilines is 1. The fraction of sp³-hybridized carbons (Fsp3) is 0.278. The number of carbonyl (C=O) groups excluding carboxylic acids is 1. The summed E-state index contributed by atoms with van der Waals surface area (Å²) in [5.41, 5.74) is 2.95. The van der Waals surface area contributed by atoms with Crippen LogP contribution in [0.15, 0.2) is 46.9 Å². The van der Waals surface area contributed by atoms with Crippen molar-refractivity contribution in [3.05, 3.63) is 58.1 Å². The molecule has 1 unspecified atom stereocenters. The first kappa shape index (κ1) is 15.1. The summed E-state index contributed by atoms with van der Waals surface area (Å²) in [5.74, 6) is 0.922. The second-order valence-corrected chi connectivity index (χ2v) is 6.59. The molecule has 0 aliphatic carbocycles. The molecule has 114 valence electrons. The van der Waals surface area contributed by atoms with Crippen LogP contribution in [0.2, 0.25) is 0 Å². The van der Waals surface area contributed by atoms with Crippen LogP contribution in [0.3, 0.4) is 0 Å². The smallest absolute Gasteiger partial charge is 0.159 e. The summed E-state index contributed by atoms with van der Waals surface area (Å²) in [6.07, 6.45) is 0.131. The van der Waals surface area contributed by atoms with Crippen LogP contribution in [0, 0.1) is 0 Å². The number of rotatable bonds is 3. The molecule has 0 bridgehead atoms. The quantitative estimate of drug-likeness (QED) is 0.758. The van der Waals surface area contributed by atoms with Crippen molar-refractivity contribution < 1.29 is 9.53 Å². The van der Waals surface area contributed by atoms with Crippen LogP contribution in [-0.4, -0.2) is 18.4 Å². The Kier molecular flexibility index (Phi) is 4.21. The van der Waals surface area contributed by atoms with Crippen LogP contribution < -0.4 is 9.64 Å². The monoisotopic (exact) mass is 359 g/mol. The van der Waals surface area contributed by atoms with Crippen molar-refractivity contribution in [3.63, 3.8) is 0 Å². The topological polar surface area (TPSA) is 29.5 Å². The highest BCUT2D eigenvalue weighted by Gasteiger charge is 2.23. The number of carbonyl (C=O) groups is 1. The molecule has 22 heavy (non-hydrogen) atoms. The molecule has 4 heteroatoms. The molecule has 0 N–H and O–H groups in total. The average Bonchev–Trinajstić information content (AvgIpc) is 2.49. The van der Waals surface area contributed by atoms with Gasteiger partial charge >= 0.3 is 0 Å². The van der Waals surface area contributed by atoms with Gasteiger partial charge in [-0.2, -0.15) is 0 Å². The molecule has 1 atom stereocenters.